The second-order valence-corrected chi connectivity index (χ2v) is 13.5. The van der Waals surface area contributed by atoms with Crippen LogP contribution in [-0.4, -0.2) is 39.7 Å². The molecule has 0 saturated carbocycles. The molecule has 10 heteroatoms. The molecule has 1 fully saturated rings. The van der Waals surface area contributed by atoms with Gasteiger partial charge in [-0.15, -0.1) is 10.2 Å². The number of thioether (sulfide) groups is 1. The second kappa shape index (κ2) is 12.8. The van der Waals surface area contributed by atoms with Crippen LogP contribution in [0.25, 0.3) is 5.76 Å². The fourth-order valence-electron chi connectivity index (χ4n) is 5.33. The van der Waals surface area contributed by atoms with Crippen LogP contribution in [0, 0.1) is 5.92 Å². The van der Waals surface area contributed by atoms with E-state index in [4.69, 9.17) is 9.47 Å². The third kappa shape index (κ3) is 6.23. The molecule has 44 heavy (non-hydrogen) atoms. The van der Waals surface area contributed by atoms with Gasteiger partial charge in [0.2, 0.25) is 5.13 Å². The fraction of sp³-hybridized carbons (Fsp3) is 0.294. The van der Waals surface area contributed by atoms with Crippen molar-refractivity contribution in [3.8, 4) is 11.5 Å². The number of ether oxygens (including phenoxy) is 2. The Balaban J connectivity index is 1.38. The van der Waals surface area contributed by atoms with Crippen molar-refractivity contribution in [2.45, 2.75) is 55.9 Å². The summed E-state index contributed by atoms with van der Waals surface area (Å²) in [5, 5.41) is 20.6. The molecule has 2 aliphatic rings. The van der Waals surface area contributed by atoms with Gasteiger partial charge in [0.25, 0.3) is 5.78 Å². The van der Waals surface area contributed by atoms with E-state index in [2.05, 4.69) is 24.0 Å². The maximum Gasteiger partial charge on any atom is 0.301 e. The fourth-order valence-corrected chi connectivity index (χ4v) is 7.16. The van der Waals surface area contributed by atoms with Gasteiger partial charge in [-0.3, -0.25) is 14.5 Å². The first-order valence-electron chi connectivity index (χ1n) is 14.6. The zero-order valence-electron chi connectivity index (χ0n) is 24.7. The molecule has 226 valence electrons. The van der Waals surface area contributed by atoms with Gasteiger partial charge in [-0.25, -0.2) is 0 Å². The van der Waals surface area contributed by atoms with E-state index in [1.807, 2.05) is 67.6 Å². The number of nitrogens with zero attached hydrogens (tertiary/aromatic N) is 3. The zero-order valence-corrected chi connectivity index (χ0v) is 26.4. The van der Waals surface area contributed by atoms with Gasteiger partial charge in [-0.2, -0.15) is 0 Å². The van der Waals surface area contributed by atoms with E-state index in [9.17, 15) is 14.7 Å². The molecule has 0 radical (unpaired) electrons. The maximum absolute atomic E-state index is 13.7. The Morgan fingerprint density at radius 2 is 1.91 bits per heavy atom. The summed E-state index contributed by atoms with van der Waals surface area (Å²) in [4.78, 5) is 28.8. The SMILES string of the molecule is CC(C)CCOc1cccc(C2/C(=C(\O)c3ccc4c(c3)CC(C)O4)C(=O)C(=O)N2c2nnc(SCc3ccccc3)s2)c1. The van der Waals surface area contributed by atoms with E-state index in [1.165, 1.54) is 28.0 Å². The highest BCUT2D eigenvalue weighted by Gasteiger charge is 2.48. The Kier molecular flexibility index (Phi) is 8.72. The third-order valence-corrected chi connectivity index (χ3v) is 9.69. The van der Waals surface area contributed by atoms with Gasteiger partial charge in [0.05, 0.1) is 18.2 Å². The Morgan fingerprint density at radius 1 is 1.09 bits per heavy atom. The third-order valence-electron chi connectivity index (χ3n) is 7.56. The molecule has 2 atom stereocenters. The number of aromatic nitrogens is 2. The highest BCUT2D eigenvalue weighted by molar-refractivity contribution is 8.00. The van der Waals surface area contributed by atoms with E-state index in [0.29, 0.717) is 45.9 Å². The Bertz CT molecular complexity index is 1720. The topological polar surface area (TPSA) is 102 Å². The van der Waals surface area contributed by atoms with E-state index in [1.54, 1.807) is 12.1 Å². The summed E-state index contributed by atoms with van der Waals surface area (Å²) in [6.07, 6.45) is 1.60. The van der Waals surface area contributed by atoms with Crippen molar-refractivity contribution < 1.29 is 24.2 Å². The van der Waals surface area contributed by atoms with E-state index >= 15 is 0 Å². The number of hydrogen-bond donors (Lipinski definition) is 1. The second-order valence-electron chi connectivity index (χ2n) is 11.4. The lowest BCUT2D eigenvalue weighted by atomic mass is 9.94. The number of ketones is 1. The average molecular weight is 628 g/mol. The van der Waals surface area contributed by atoms with Crippen LogP contribution in [-0.2, 0) is 21.8 Å². The minimum absolute atomic E-state index is 0.00469. The van der Waals surface area contributed by atoms with E-state index < -0.39 is 17.7 Å². The first-order valence-corrected chi connectivity index (χ1v) is 16.4. The molecule has 2 unspecified atom stereocenters. The van der Waals surface area contributed by atoms with Crippen LogP contribution in [0.1, 0.15) is 55.5 Å². The molecule has 6 rings (SSSR count). The summed E-state index contributed by atoms with van der Waals surface area (Å²) in [7, 11) is 0. The van der Waals surface area contributed by atoms with Crippen LogP contribution in [0.3, 0.4) is 0 Å². The van der Waals surface area contributed by atoms with Crippen molar-refractivity contribution in [2.24, 2.45) is 5.92 Å². The summed E-state index contributed by atoms with van der Waals surface area (Å²) < 4.78 is 12.5. The van der Waals surface area contributed by atoms with Gasteiger partial charge in [-0.1, -0.05) is 79.4 Å². The molecule has 1 saturated heterocycles. The maximum atomic E-state index is 13.7. The van der Waals surface area contributed by atoms with Crippen molar-refractivity contribution >= 4 is 45.7 Å². The molecule has 8 nitrogen and oxygen atoms in total. The molecular weight excluding hydrogens is 595 g/mol. The minimum Gasteiger partial charge on any atom is -0.507 e. The van der Waals surface area contributed by atoms with Crippen LogP contribution >= 0.6 is 23.1 Å². The van der Waals surface area contributed by atoms with Crippen molar-refractivity contribution in [1.82, 2.24) is 10.2 Å². The average Bonchev–Trinajstić information content (AvgIpc) is 3.71. The van der Waals surface area contributed by atoms with Crippen LogP contribution in [0.2, 0.25) is 0 Å². The summed E-state index contributed by atoms with van der Waals surface area (Å²) in [6, 6.07) is 21.7. The van der Waals surface area contributed by atoms with Gasteiger partial charge in [0, 0.05) is 17.7 Å². The van der Waals surface area contributed by atoms with Gasteiger partial charge >= 0.3 is 5.91 Å². The first-order chi connectivity index (χ1) is 21.3. The number of carbonyl (C=O) groups excluding carboxylic acids is 2. The highest BCUT2D eigenvalue weighted by atomic mass is 32.2. The number of rotatable bonds is 10. The van der Waals surface area contributed by atoms with E-state index in [0.717, 1.165) is 23.3 Å². The number of hydrogen-bond acceptors (Lipinski definition) is 9. The Labute approximate surface area is 264 Å². The van der Waals surface area contributed by atoms with Crippen LogP contribution in [0.4, 0.5) is 5.13 Å². The van der Waals surface area contributed by atoms with Crippen LogP contribution < -0.4 is 14.4 Å². The molecular formula is C34H33N3O5S2. The molecule has 1 aromatic heterocycles. The number of fused-ring (bicyclic) bond motifs is 1. The predicted molar refractivity (Wildman–Crippen MR) is 172 cm³/mol. The van der Waals surface area contributed by atoms with E-state index in [-0.39, 0.29) is 22.6 Å². The van der Waals surface area contributed by atoms with Gasteiger partial charge in [0.1, 0.15) is 23.4 Å². The van der Waals surface area contributed by atoms with Gasteiger partial charge in [0.15, 0.2) is 4.34 Å². The van der Waals surface area contributed by atoms with Gasteiger partial charge in [-0.05, 0) is 66.3 Å². The summed E-state index contributed by atoms with van der Waals surface area (Å²) >= 11 is 2.75. The van der Waals surface area contributed by atoms with Crippen molar-refractivity contribution in [1.29, 1.82) is 0 Å². The number of aliphatic hydroxyl groups excluding tert-OH is 1. The number of amides is 1. The molecule has 1 N–H and O–H groups in total. The standard InChI is InChI=1S/C34H33N3O5S2/c1-20(2)14-15-41-26-11-7-10-23(18-26)29-28(30(38)24-12-13-27-25(17-24)16-21(3)42-27)31(39)32(40)37(29)33-35-36-34(44-33)43-19-22-8-5-4-6-9-22/h4-13,17-18,20-21,29,38H,14-16,19H2,1-3H3/b30-28+. The van der Waals surface area contributed by atoms with Gasteiger partial charge < -0.3 is 14.6 Å². The number of carbonyl (C=O) groups is 2. The van der Waals surface area contributed by atoms with Crippen molar-refractivity contribution in [3.63, 3.8) is 0 Å². The highest BCUT2D eigenvalue weighted by Crippen LogP contribution is 2.45. The molecule has 0 spiro atoms. The predicted octanol–water partition coefficient (Wildman–Crippen LogP) is 7.21. The molecule has 2 aliphatic heterocycles. The summed E-state index contributed by atoms with van der Waals surface area (Å²) in [5.74, 6) is 0.757. The Morgan fingerprint density at radius 3 is 2.70 bits per heavy atom. The summed E-state index contributed by atoms with van der Waals surface area (Å²) in [6.45, 7) is 6.78. The molecule has 1 amide bonds. The summed E-state index contributed by atoms with van der Waals surface area (Å²) in [5.41, 5.74) is 3.15. The smallest absolute Gasteiger partial charge is 0.301 e. The normalized spacial score (nSPS) is 19.0. The number of anilines is 1. The lowest BCUT2D eigenvalue weighted by Gasteiger charge is -2.23. The molecule has 3 aromatic carbocycles. The number of benzene rings is 3. The molecule has 0 bridgehead atoms. The number of Topliss-reactive ketones (excluding diaryl/α,β-unsaturated/α-hetero) is 1. The number of aliphatic hydroxyl groups is 1. The minimum atomic E-state index is -0.924. The van der Waals surface area contributed by atoms with Crippen molar-refractivity contribution in [3.05, 3.63) is 101 Å². The molecule has 4 aromatic rings. The Hall–Kier alpha value is -4.15. The van der Waals surface area contributed by atoms with Crippen LogP contribution in [0.5, 0.6) is 11.5 Å². The lowest BCUT2D eigenvalue weighted by Crippen LogP contribution is -2.29. The zero-order chi connectivity index (χ0) is 30.8. The van der Waals surface area contributed by atoms with Crippen molar-refractivity contribution in [2.75, 3.05) is 11.5 Å². The largest absolute Gasteiger partial charge is 0.507 e. The molecule has 3 heterocycles. The van der Waals surface area contributed by atoms with Crippen LogP contribution in [0.15, 0.2) is 82.7 Å². The lowest BCUT2D eigenvalue weighted by molar-refractivity contribution is -0.132. The molecule has 0 aliphatic carbocycles. The first kappa shape index (κ1) is 29.9. The monoisotopic (exact) mass is 627 g/mol. The quantitative estimate of drug-likeness (QED) is 0.0647.